The van der Waals surface area contributed by atoms with E-state index in [1.54, 1.807) is 0 Å². The Hall–Kier alpha value is -2.29. The first-order valence-electron chi connectivity index (χ1n) is 5.92. The lowest BCUT2D eigenvalue weighted by Gasteiger charge is -2.00. The molecule has 0 spiro atoms. The summed E-state index contributed by atoms with van der Waals surface area (Å²) >= 11 is 0. The Morgan fingerprint density at radius 3 is 2.61 bits per heavy atom. The van der Waals surface area contributed by atoms with Gasteiger partial charge in [0.25, 0.3) is 0 Å². The highest BCUT2D eigenvalue weighted by Gasteiger charge is 2.10. The fourth-order valence-corrected chi connectivity index (χ4v) is 2.05. The van der Waals surface area contributed by atoms with Crippen molar-refractivity contribution in [3.8, 4) is 11.5 Å². The number of hydrogen-bond acceptors (Lipinski definition) is 3. The van der Waals surface area contributed by atoms with E-state index in [-0.39, 0.29) is 0 Å². The number of anilines is 1. The number of oxazole rings is 1. The smallest absolute Gasteiger partial charge is 0.227 e. The average molecular weight is 238 g/mol. The molecule has 3 rings (SSSR count). The van der Waals surface area contributed by atoms with Crippen LogP contribution >= 0.6 is 0 Å². The predicted molar refractivity (Wildman–Crippen MR) is 73.7 cm³/mol. The quantitative estimate of drug-likeness (QED) is 0.737. The topological polar surface area (TPSA) is 38.1 Å². The van der Waals surface area contributed by atoms with Crippen molar-refractivity contribution in [2.75, 3.05) is 12.4 Å². The van der Waals surface area contributed by atoms with Gasteiger partial charge in [-0.25, -0.2) is 4.98 Å². The van der Waals surface area contributed by atoms with Crippen LogP contribution in [0.4, 0.5) is 5.69 Å². The molecule has 0 saturated carbocycles. The number of hydrogen-bond donors (Lipinski definition) is 1. The fraction of sp³-hybridized carbons (Fsp3) is 0.133. The van der Waals surface area contributed by atoms with E-state index in [1.807, 2.05) is 50.4 Å². The van der Waals surface area contributed by atoms with Crippen molar-refractivity contribution in [3.05, 3.63) is 48.0 Å². The number of aryl methyl sites for hydroxylation is 1. The number of nitrogens with one attached hydrogen (secondary N) is 1. The second kappa shape index (κ2) is 4.18. The first-order valence-corrected chi connectivity index (χ1v) is 5.92. The second-order valence-electron chi connectivity index (χ2n) is 4.28. The summed E-state index contributed by atoms with van der Waals surface area (Å²) in [4.78, 5) is 4.55. The fourth-order valence-electron chi connectivity index (χ4n) is 2.05. The van der Waals surface area contributed by atoms with Gasteiger partial charge >= 0.3 is 0 Å². The Kier molecular flexibility index (Phi) is 2.52. The molecule has 0 amide bonds. The lowest BCUT2D eigenvalue weighted by molar-refractivity contribution is 0.617. The van der Waals surface area contributed by atoms with Gasteiger partial charge in [0, 0.05) is 18.3 Å². The van der Waals surface area contributed by atoms with Crippen LogP contribution in [0.25, 0.3) is 22.6 Å². The molecule has 3 aromatic rings. The van der Waals surface area contributed by atoms with E-state index in [0.717, 1.165) is 27.9 Å². The van der Waals surface area contributed by atoms with E-state index in [9.17, 15) is 0 Å². The molecule has 1 aromatic heterocycles. The van der Waals surface area contributed by atoms with Crippen LogP contribution in [-0.2, 0) is 0 Å². The van der Waals surface area contributed by atoms with Gasteiger partial charge in [-0.2, -0.15) is 0 Å². The van der Waals surface area contributed by atoms with Crippen LogP contribution in [0.1, 0.15) is 5.56 Å². The van der Waals surface area contributed by atoms with E-state index >= 15 is 0 Å². The van der Waals surface area contributed by atoms with Gasteiger partial charge in [-0.3, -0.25) is 0 Å². The molecule has 0 bridgehead atoms. The lowest BCUT2D eigenvalue weighted by atomic mass is 10.2. The van der Waals surface area contributed by atoms with Crippen LogP contribution < -0.4 is 5.32 Å². The molecule has 3 nitrogen and oxygen atoms in total. The Balaban J connectivity index is 2.20. The third kappa shape index (κ3) is 1.74. The standard InChI is InChI=1S/C15H14N2O/c1-10-8-12(16-2)9-13-14(10)18-15(17-13)11-6-4-3-5-7-11/h3-9,16H,1-2H3. The normalized spacial score (nSPS) is 10.8. The maximum Gasteiger partial charge on any atom is 0.227 e. The highest BCUT2D eigenvalue weighted by Crippen LogP contribution is 2.28. The largest absolute Gasteiger partial charge is 0.436 e. The van der Waals surface area contributed by atoms with Gasteiger partial charge in [0.15, 0.2) is 5.58 Å². The van der Waals surface area contributed by atoms with Crippen LogP contribution in [0, 0.1) is 6.92 Å². The Bertz CT molecular complexity index is 686. The van der Waals surface area contributed by atoms with Gasteiger partial charge in [0.05, 0.1) is 0 Å². The molecule has 0 radical (unpaired) electrons. The van der Waals surface area contributed by atoms with E-state index in [2.05, 4.69) is 16.4 Å². The number of aromatic nitrogens is 1. The molecular formula is C15H14N2O. The summed E-state index contributed by atoms with van der Waals surface area (Å²) in [5.41, 5.74) is 4.88. The SMILES string of the molecule is CNc1cc(C)c2oc(-c3ccccc3)nc2c1. The summed E-state index contributed by atoms with van der Waals surface area (Å²) in [6.07, 6.45) is 0. The van der Waals surface area contributed by atoms with Gasteiger partial charge in [-0.1, -0.05) is 18.2 Å². The van der Waals surface area contributed by atoms with E-state index in [0.29, 0.717) is 5.89 Å². The van der Waals surface area contributed by atoms with Crippen molar-refractivity contribution >= 4 is 16.8 Å². The first kappa shape index (κ1) is 10.8. The summed E-state index contributed by atoms with van der Waals surface area (Å²) < 4.78 is 5.85. The minimum absolute atomic E-state index is 0.668. The van der Waals surface area contributed by atoms with Gasteiger partial charge in [-0.15, -0.1) is 0 Å². The van der Waals surface area contributed by atoms with E-state index < -0.39 is 0 Å². The molecular weight excluding hydrogens is 224 g/mol. The molecule has 1 N–H and O–H groups in total. The summed E-state index contributed by atoms with van der Waals surface area (Å²) in [7, 11) is 1.90. The van der Waals surface area contributed by atoms with E-state index in [4.69, 9.17) is 4.42 Å². The van der Waals surface area contributed by atoms with Gasteiger partial charge in [0.2, 0.25) is 5.89 Å². The Morgan fingerprint density at radius 2 is 1.89 bits per heavy atom. The number of nitrogens with zero attached hydrogens (tertiary/aromatic N) is 1. The summed E-state index contributed by atoms with van der Waals surface area (Å²) in [6.45, 7) is 2.03. The molecule has 2 aromatic carbocycles. The molecule has 90 valence electrons. The summed E-state index contributed by atoms with van der Waals surface area (Å²) in [6, 6.07) is 14.0. The maximum absolute atomic E-state index is 5.85. The first-order chi connectivity index (χ1) is 8.78. The van der Waals surface area contributed by atoms with Gasteiger partial charge in [-0.05, 0) is 36.8 Å². The van der Waals surface area contributed by atoms with Crippen LogP contribution in [0.2, 0.25) is 0 Å². The maximum atomic E-state index is 5.85. The summed E-state index contributed by atoms with van der Waals surface area (Å²) in [5.74, 6) is 0.668. The molecule has 0 aliphatic heterocycles. The summed E-state index contributed by atoms with van der Waals surface area (Å²) in [5, 5.41) is 3.13. The zero-order valence-corrected chi connectivity index (χ0v) is 10.4. The molecule has 0 atom stereocenters. The zero-order chi connectivity index (χ0) is 12.5. The van der Waals surface area contributed by atoms with Crippen molar-refractivity contribution in [1.82, 2.24) is 4.98 Å². The van der Waals surface area contributed by atoms with Crippen molar-refractivity contribution < 1.29 is 4.42 Å². The third-order valence-electron chi connectivity index (χ3n) is 2.99. The average Bonchev–Trinajstić information content (AvgIpc) is 2.84. The molecule has 0 saturated heterocycles. The van der Waals surface area contributed by atoms with Crippen LogP contribution in [0.5, 0.6) is 0 Å². The number of rotatable bonds is 2. The Labute approximate surface area is 105 Å². The minimum Gasteiger partial charge on any atom is -0.436 e. The highest BCUT2D eigenvalue weighted by molar-refractivity contribution is 5.83. The van der Waals surface area contributed by atoms with Crippen molar-refractivity contribution in [2.24, 2.45) is 0 Å². The van der Waals surface area contributed by atoms with E-state index in [1.165, 1.54) is 0 Å². The third-order valence-corrected chi connectivity index (χ3v) is 2.99. The number of fused-ring (bicyclic) bond motifs is 1. The number of benzene rings is 2. The monoisotopic (exact) mass is 238 g/mol. The predicted octanol–water partition coefficient (Wildman–Crippen LogP) is 3.84. The van der Waals surface area contributed by atoms with Crippen LogP contribution in [0.3, 0.4) is 0 Å². The Morgan fingerprint density at radius 1 is 1.11 bits per heavy atom. The molecule has 0 unspecified atom stereocenters. The van der Waals surface area contributed by atoms with Crippen LogP contribution in [0.15, 0.2) is 46.9 Å². The zero-order valence-electron chi connectivity index (χ0n) is 10.4. The van der Waals surface area contributed by atoms with Crippen molar-refractivity contribution in [3.63, 3.8) is 0 Å². The van der Waals surface area contributed by atoms with Gasteiger partial charge in [0.1, 0.15) is 5.52 Å². The molecule has 0 aliphatic rings. The molecule has 3 heteroatoms. The van der Waals surface area contributed by atoms with Crippen molar-refractivity contribution in [1.29, 1.82) is 0 Å². The molecule has 0 fully saturated rings. The second-order valence-corrected chi connectivity index (χ2v) is 4.28. The molecule has 18 heavy (non-hydrogen) atoms. The van der Waals surface area contributed by atoms with Crippen LogP contribution in [-0.4, -0.2) is 12.0 Å². The highest BCUT2D eigenvalue weighted by atomic mass is 16.3. The lowest BCUT2D eigenvalue weighted by Crippen LogP contribution is -1.88. The van der Waals surface area contributed by atoms with Crippen molar-refractivity contribution in [2.45, 2.75) is 6.92 Å². The molecule has 0 aliphatic carbocycles. The molecule has 1 heterocycles. The van der Waals surface area contributed by atoms with Gasteiger partial charge < -0.3 is 9.73 Å². The minimum atomic E-state index is 0.668.